The molecule has 0 bridgehead atoms. The number of sulfonamides is 1. The third kappa shape index (κ3) is 4.10. The molecular weight excluding hydrogens is 428 g/mol. The average molecular weight is 439 g/mol. The molecule has 0 saturated carbocycles. The first-order chi connectivity index (χ1) is 11.8. The van der Waals surface area contributed by atoms with E-state index in [4.69, 9.17) is 5.14 Å². The molecule has 25 heavy (non-hydrogen) atoms. The summed E-state index contributed by atoms with van der Waals surface area (Å²) in [5.41, 5.74) is 1.01. The van der Waals surface area contributed by atoms with Gasteiger partial charge in [0.15, 0.2) is 0 Å². The number of hydrogen-bond donors (Lipinski definition) is 2. The van der Waals surface area contributed by atoms with Crippen LogP contribution in [0.1, 0.15) is 10.4 Å². The Morgan fingerprint density at radius 1 is 1.12 bits per heavy atom. The molecule has 0 fully saturated rings. The maximum absolute atomic E-state index is 12.4. The molecule has 1 aromatic heterocycles. The van der Waals surface area contributed by atoms with Crippen molar-refractivity contribution < 1.29 is 13.2 Å². The van der Waals surface area contributed by atoms with Gasteiger partial charge in [-0.15, -0.1) is 10.2 Å². The van der Waals surface area contributed by atoms with Gasteiger partial charge in [0.1, 0.15) is 5.01 Å². The number of hydrogen-bond acceptors (Lipinski definition) is 6. The van der Waals surface area contributed by atoms with E-state index >= 15 is 0 Å². The van der Waals surface area contributed by atoms with E-state index in [2.05, 4.69) is 31.4 Å². The lowest BCUT2D eigenvalue weighted by atomic mass is 10.2. The molecule has 0 aliphatic rings. The number of nitrogens with one attached hydrogen (secondary N) is 1. The Kier molecular flexibility index (Phi) is 4.95. The predicted molar refractivity (Wildman–Crippen MR) is 98.8 cm³/mol. The number of aromatic nitrogens is 2. The van der Waals surface area contributed by atoms with E-state index < -0.39 is 15.9 Å². The van der Waals surface area contributed by atoms with E-state index in [9.17, 15) is 13.2 Å². The zero-order valence-corrected chi connectivity index (χ0v) is 15.7. The van der Waals surface area contributed by atoms with Crippen LogP contribution >= 0.6 is 27.3 Å². The zero-order valence-electron chi connectivity index (χ0n) is 12.5. The molecule has 3 aromatic rings. The Hall–Kier alpha value is -2.14. The van der Waals surface area contributed by atoms with Gasteiger partial charge in [0, 0.05) is 10.0 Å². The van der Waals surface area contributed by atoms with E-state index in [0.717, 1.165) is 5.56 Å². The number of rotatable bonds is 4. The van der Waals surface area contributed by atoms with Crippen LogP contribution in [0.25, 0.3) is 10.6 Å². The second-order valence-electron chi connectivity index (χ2n) is 4.92. The molecule has 3 N–H and O–H groups in total. The molecule has 0 unspecified atom stereocenters. The quantitative estimate of drug-likeness (QED) is 0.649. The second-order valence-corrected chi connectivity index (χ2v) is 8.31. The van der Waals surface area contributed by atoms with E-state index in [1.54, 1.807) is 0 Å². The van der Waals surface area contributed by atoms with Crippen molar-refractivity contribution in [2.75, 3.05) is 5.32 Å². The molecule has 128 valence electrons. The second kappa shape index (κ2) is 7.00. The van der Waals surface area contributed by atoms with Gasteiger partial charge in [-0.25, -0.2) is 13.6 Å². The highest BCUT2D eigenvalue weighted by Crippen LogP contribution is 2.27. The number of nitrogens with zero attached hydrogens (tertiary/aromatic N) is 2. The van der Waals surface area contributed by atoms with Gasteiger partial charge in [-0.3, -0.25) is 10.1 Å². The number of primary sulfonamides is 1. The lowest BCUT2D eigenvalue weighted by molar-refractivity contribution is 0.102. The largest absolute Gasteiger partial charge is 0.296 e. The fourth-order valence-electron chi connectivity index (χ4n) is 1.99. The molecule has 0 spiro atoms. The van der Waals surface area contributed by atoms with Crippen LogP contribution in [0.3, 0.4) is 0 Å². The normalized spacial score (nSPS) is 11.3. The molecule has 0 aliphatic carbocycles. The van der Waals surface area contributed by atoms with Gasteiger partial charge in [0.05, 0.1) is 10.5 Å². The van der Waals surface area contributed by atoms with Crippen LogP contribution in [-0.2, 0) is 10.0 Å². The number of amides is 1. The van der Waals surface area contributed by atoms with Crippen LogP contribution in [0.2, 0.25) is 0 Å². The predicted octanol–water partition coefficient (Wildman–Crippen LogP) is 2.87. The molecule has 2 aromatic carbocycles. The van der Waals surface area contributed by atoms with Gasteiger partial charge < -0.3 is 0 Å². The van der Waals surface area contributed by atoms with E-state index in [-0.39, 0.29) is 10.5 Å². The van der Waals surface area contributed by atoms with Crippen molar-refractivity contribution in [3.05, 3.63) is 58.6 Å². The molecule has 3 rings (SSSR count). The average Bonchev–Trinajstić information content (AvgIpc) is 3.03. The molecular formula is C15H11BrN4O3S2. The summed E-state index contributed by atoms with van der Waals surface area (Å²) in [6.07, 6.45) is 0. The van der Waals surface area contributed by atoms with Crippen LogP contribution in [0.15, 0.2) is 57.9 Å². The molecule has 1 amide bonds. The summed E-state index contributed by atoms with van der Waals surface area (Å²) in [7, 11) is -3.91. The summed E-state index contributed by atoms with van der Waals surface area (Å²) in [5, 5.41) is 16.6. The van der Waals surface area contributed by atoms with Crippen LogP contribution in [0.4, 0.5) is 5.13 Å². The first-order valence-corrected chi connectivity index (χ1v) is 10.0. The first-order valence-electron chi connectivity index (χ1n) is 6.87. The van der Waals surface area contributed by atoms with Crippen LogP contribution in [-0.4, -0.2) is 24.5 Å². The molecule has 0 atom stereocenters. The Labute approximate surface area is 156 Å². The van der Waals surface area contributed by atoms with Crippen molar-refractivity contribution in [3.8, 4) is 10.6 Å². The Morgan fingerprint density at radius 3 is 2.52 bits per heavy atom. The number of carbonyl (C=O) groups is 1. The minimum absolute atomic E-state index is 0.128. The van der Waals surface area contributed by atoms with Gasteiger partial charge in [-0.05, 0) is 34.1 Å². The number of carbonyl (C=O) groups excluding carboxylic acids is 1. The van der Waals surface area contributed by atoms with Gasteiger partial charge >= 0.3 is 0 Å². The smallest absolute Gasteiger partial charge is 0.258 e. The SMILES string of the molecule is NS(=O)(=O)c1ccc(Br)c(C(=O)Nc2nnc(-c3ccccc3)s2)c1. The third-order valence-electron chi connectivity index (χ3n) is 3.18. The van der Waals surface area contributed by atoms with Crippen LogP contribution in [0.5, 0.6) is 0 Å². The van der Waals surface area contributed by atoms with Gasteiger partial charge in [-0.2, -0.15) is 0 Å². The van der Waals surface area contributed by atoms with Gasteiger partial charge in [0.25, 0.3) is 5.91 Å². The summed E-state index contributed by atoms with van der Waals surface area (Å²) < 4.78 is 23.3. The number of nitrogens with two attached hydrogens (primary N) is 1. The molecule has 1 heterocycles. The molecule has 0 aliphatic heterocycles. The lowest BCUT2D eigenvalue weighted by Crippen LogP contribution is -2.16. The van der Waals surface area contributed by atoms with Gasteiger partial charge in [-0.1, -0.05) is 41.7 Å². The van der Waals surface area contributed by atoms with Crippen molar-refractivity contribution in [2.45, 2.75) is 4.90 Å². The fraction of sp³-hybridized carbons (Fsp3) is 0. The van der Waals surface area contributed by atoms with E-state index in [1.807, 2.05) is 30.3 Å². The number of halogens is 1. The first kappa shape index (κ1) is 17.7. The van der Waals surface area contributed by atoms with Gasteiger partial charge in [0.2, 0.25) is 15.2 Å². The Morgan fingerprint density at radius 2 is 1.84 bits per heavy atom. The number of anilines is 1. The standard InChI is InChI=1S/C15H11BrN4O3S2/c16-12-7-6-10(25(17,22)23)8-11(12)13(21)18-15-20-19-14(24-15)9-4-2-1-3-5-9/h1-8H,(H2,17,22,23)(H,18,20,21). The fourth-order valence-corrected chi connectivity index (χ4v) is 3.70. The summed E-state index contributed by atoms with van der Waals surface area (Å²) in [5.74, 6) is -0.520. The molecule has 7 nitrogen and oxygen atoms in total. The van der Waals surface area contributed by atoms with Crippen molar-refractivity contribution in [3.63, 3.8) is 0 Å². The minimum Gasteiger partial charge on any atom is -0.296 e. The van der Waals surface area contributed by atoms with Crippen LogP contribution in [0, 0.1) is 0 Å². The van der Waals surface area contributed by atoms with Crippen molar-refractivity contribution in [2.24, 2.45) is 5.14 Å². The highest BCUT2D eigenvalue weighted by atomic mass is 79.9. The highest BCUT2D eigenvalue weighted by Gasteiger charge is 2.17. The molecule has 0 saturated heterocycles. The van der Waals surface area contributed by atoms with Crippen LogP contribution < -0.4 is 10.5 Å². The minimum atomic E-state index is -3.91. The topological polar surface area (TPSA) is 115 Å². The number of benzene rings is 2. The maximum Gasteiger partial charge on any atom is 0.258 e. The third-order valence-corrected chi connectivity index (χ3v) is 5.67. The highest BCUT2D eigenvalue weighted by molar-refractivity contribution is 9.10. The van der Waals surface area contributed by atoms with E-state index in [0.29, 0.717) is 14.6 Å². The summed E-state index contributed by atoms with van der Waals surface area (Å²) >= 11 is 4.44. The van der Waals surface area contributed by atoms with E-state index in [1.165, 1.54) is 29.5 Å². The Balaban J connectivity index is 1.85. The molecule has 10 heteroatoms. The summed E-state index contributed by atoms with van der Waals surface area (Å²) in [6, 6.07) is 13.4. The lowest BCUT2D eigenvalue weighted by Gasteiger charge is -2.06. The molecule has 0 radical (unpaired) electrons. The maximum atomic E-state index is 12.4. The van der Waals surface area contributed by atoms with Crippen molar-refractivity contribution in [1.82, 2.24) is 10.2 Å². The summed E-state index contributed by atoms with van der Waals surface area (Å²) in [4.78, 5) is 12.3. The van der Waals surface area contributed by atoms with Crippen molar-refractivity contribution >= 4 is 48.3 Å². The zero-order chi connectivity index (χ0) is 18.0. The summed E-state index contributed by atoms with van der Waals surface area (Å²) in [6.45, 7) is 0. The van der Waals surface area contributed by atoms with Crippen molar-refractivity contribution in [1.29, 1.82) is 0 Å². The monoisotopic (exact) mass is 438 g/mol. The Bertz CT molecular complexity index is 1040.